The minimum atomic E-state index is -0.426. The fourth-order valence-electron chi connectivity index (χ4n) is 4.45. The maximum absolute atomic E-state index is 13.1. The van der Waals surface area contributed by atoms with Crippen LogP contribution in [0, 0.1) is 5.92 Å². The highest BCUT2D eigenvalue weighted by atomic mass is 16.5. The van der Waals surface area contributed by atoms with E-state index in [9.17, 15) is 9.59 Å². The summed E-state index contributed by atoms with van der Waals surface area (Å²) >= 11 is 0. The second-order valence-electron chi connectivity index (χ2n) is 8.17. The van der Waals surface area contributed by atoms with Gasteiger partial charge in [-0.1, -0.05) is 48.5 Å². The number of benzene rings is 3. The first-order valence-electron chi connectivity index (χ1n) is 10.7. The third-order valence-corrected chi connectivity index (χ3v) is 6.24. The molecular weight excluding hydrogens is 404 g/mol. The van der Waals surface area contributed by atoms with E-state index < -0.39 is 5.92 Å². The average Bonchev–Trinajstić information content (AvgIpc) is 3.38. The number of anilines is 1. The van der Waals surface area contributed by atoms with Gasteiger partial charge >= 0.3 is 0 Å². The Kier molecular flexibility index (Phi) is 5.05. The molecule has 0 radical (unpaired) electrons. The number of carbonyl (C=O) groups excluding carboxylic acids is 2. The first-order chi connectivity index (χ1) is 15.5. The Bertz CT molecular complexity index is 1310. The zero-order chi connectivity index (χ0) is 22.2. The van der Waals surface area contributed by atoms with Crippen molar-refractivity contribution in [1.82, 2.24) is 4.90 Å². The van der Waals surface area contributed by atoms with Crippen LogP contribution in [0.15, 0.2) is 71.1 Å². The van der Waals surface area contributed by atoms with Crippen LogP contribution in [0.4, 0.5) is 5.69 Å². The number of furan rings is 1. The maximum Gasteiger partial charge on any atom is 0.229 e. The van der Waals surface area contributed by atoms with Crippen LogP contribution in [0.3, 0.4) is 0 Å². The summed E-state index contributed by atoms with van der Waals surface area (Å²) < 4.78 is 11.5. The summed E-state index contributed by atoms with van der Waals surface area (Å²) in [4.78, 5) is 27.5. The zero-order valence-electron chi connectivity index (χ0n) is 18.0. The molecule has 1 aromatic heterocycles. The number of rotatable bonds is 5. The quantitative estimate of drug-likeness (QED) is 0.478. The number of para-hydroxylation sites is 1. The van der Waals surface area contributed by atoms with Crippen LogP contribution >= 0.6 is 0 Å². The van der Waals surface area contributed by atoms with E-state index >= 15 is 0 Å². The monoisotopic (exact) mass is 428 g/mol. The minimum absolute atomic E-state index is 0.0128. The molecule has 0 saturated carbocycles. The van der Waals surface area contributed by atoms with Gasteiger partial charge in [-0.2, -0.15) is 0 Å². The van der Waals surface area contributed by atoms with Gasteiger partial charge < -0.3 is 19.4 Å². The van der Waals surface area contributed by atoms with Crippen molar-refractivity contribution in [2.75, 3.05) is 19.0 Å². The molecule has 0 bridgehead atoms. The molecular formula is C26H24N2O4. The van der Waals surface area contributed by atoms with Crippen molar-refractivity contribution in [2.45, 2.75) is 19.4 Å². The molecule has 0 spiro atoms. The average molecular weight is 428 g/mol. The van der Waals surface area contributed by atoms with Gasteiger partial charge in [0.05, 0.1) is 24.8 Å². The van der Waals surface area contributed by atoms with Crippen LogP contribution in [-0.4, -0.2) is 30.4 Å². The van der Waals surface area contributed by atoms with E-state index in [1.54, 1.807) is 18.1 Å². The second-order valence-corrected chi connectivity index (χ2v) is 8.17. The summed E-state index contributed by atoms with van der Waals surface area (Å²) in [7, 11) is 1.57. The first-order valence-corrected chi connectivity index (χ1v) is 10.7. The highest BCUT2D eigenvalue weighted by molar-refractivity contribution is 6.08. The number of likely N-dealkylation sites (tertiary alicyclic amines) is 1. The molecule has 6 heteroatoms. The van der Waals surface area contributed by atoms with E-state index in [2.05, 4.69) is 5.32 Å². The molecule has 1 aliphatic heterocycles. The molecule has 1 fully saturated rings. The molecule has 2 amide bonds. The molecule has 1 saturated heterocycles. The van der Waals surface area contributed by atoms with Crippen molar-refractivity contribution < 1.29 is 18.7 Å². The summed E-state index contributed by atoms with van der Waals surface area (Å²) in [6.07, 6.45) is 0.193. The van der Waals surface area contributed by atoms with Gasteiger partial charge in [-0.05, 0) is 24.6 Å². The highest BCUT2D eigenvalue weighted by Gasteiger charge is 2.37. The Hall–Kier alpha value is -3.80. The van der Waals surface area contributed by atoms with Crippen molar-refractivity contribution >= 4 is 39.4 Å². The third kappa shape index (κ3) is 3.47. The van der Waals surface area contributed by atoms with Gasteiger partial charge in [-0.25, -0.2) is 0 Å². The fraction of sp³-hybridized carbons (Fsp3) is 0.231. The van der Waals surface area contributed by atoms with E-state index in [4.69, 9.17) is 9.15 Å². The largest absolute Gasteiger partial charge is 0.495 e. The predicted molar refractivity (Wildman–Crippen MR) is 124 cm³/mol. The summed E-state index contributed by atoms with van der Waals surface area (Å²) in [5, 5.41) is 4.87. The molecule has 2 atom stereocenters. The summed E-state index contributed by atoms with van der Waals surface area (Å²) in [6, 6.07) is 21.2. The van der Waals surface area contributed by atoms with E-state index in [1.807, 2.05) is 67.6 Å². The summed E-state index contributed by atoms with van der Waals surface area (Å²) in [5.74, 6) is -0.0861. The number of amides is 2. The van der Waals surface area contributed by atoms with Crippen molar-refractivity contribution in [2.24, 2.45) is 5.92 Å². The molecule has 2 heterocycles. The molecule has 3 aromatic carbocycles. The van der Waals surface area contributed by atoms with Gasteiger partial charge in [0, 0.05) is 29.8 Å². The smallest absolute Gasteiger partial charge is 0.229 e. The molecule has 5 rings (SSSR count). The van der Waals surface area contributed by atoms with Crippen LogP contribution in [0.1, 0.15) is 24.9 Å². The zero-order valence-corrected chi connectivity index (χ0v) is 18.0. The Balaban J connectivity index is 1.37. The van der Waals surface area contributed by atoms with Crippen molar-refractivity contribution in [3.05, 3.63) is 72.3 Å². The van der Waals surface area contributed by atoms with Gasteiger partial charge in [-0.15, -0.1) is 0 Å². The Morgan fingerprint density at radius 1 is 1.06 bits per heavy atom. The normalized spacial score (nSPS) is 17.1. The lowest BCUT2D eigenvalue weighted by molar-refractivity contribution is -0.129. The fourth-order valence-corrected chi connectivity index (χ4v) is 4.45. The van der Waals surface area contributed by atoms with Crippen LogP contribution in [0.5, 0.6) is 5.75 Å². The molecule has 0 aliphatic carbocycles. The topological polar surface area (TPSA) is 71.8 Å². The predicted octanol–water partition coefficient (Wildman–Crippen LogP) is 5.14. The van der Waals surface area contributed by atoms with Gasteiger partial charge in [0.15, 0.2) is 0 Å². The number of methoxy groups -OCH3 is 1. The Morgan fingerprint density at radius 3 is 2.59 bits per heavy atom. The van der Waals surface area contributed by atoms with E-state index in [0.717, 1.165) is 21.9 Å². The van der Waals surface area contributed by atoms with E-state index in [0.29, 0.717) is 23.6 Å². The first kappa shape index (κ1) is 20.1. The van der Waals surface area contributed by atoms with Crippen molar-refractivity contribution in [1.29, 1.82) is 0 Å². The Labute approximate surface area is 185 Å². The van der Waals surface area contributed by atoms with Crippen LogP contribution in [0.25, 0.3) is 21.9 Å². The van der Waals surface area contributed by atoms with Crippen LogP contribution in [-0.2, 0) is 9.59 Å². The molecule has 1 aliphatic rings. The molecule has 6 nitrogen and oxygen atoms in total. The number of ether oxygens (including phenoxy) is 1. The highest BCUT2D eigenvalue weighted by Crippen LogP contribution is 2.37. The van der Waals surface area contributed by atoms with Crippen LogP contribution in [0.2, 0.25) is 0 Å². The minimum Gasteiger partial charge on any atom is -0.495 e. The SMILES string of the molecule is COc1cc2c(cc1NC(=O)[C@@H]1CC(=O)N([C@@H](C)c3ccccc3)C1)oc1ccccc12. The molecule has 32 heavy (non-hydrogen) atoms. The van der Waals surface area contributed by atoms with Gasteiger partial charge in [-0.3, -0.25) is 9.59 Å². The van der Waals surface area contributed by atoms with E-state index in [1.165, 1.54) is 0 Å². The van der Waals surface area contributed by atoms with Gasteiger partial charge in [0.2, 0.25) is 11.8 Å². The lowest BCUT2D eigenvalue weighted by Crippen LogP contribution is -2.30. The number of hydrogen-bond donors (Lipinski definition) is 1. The number of hydrogen-bond acceptors (Lipinski definition) is 4. The lowest BCUT2D eigenvalue weighted by Gasteiger charge is -2.25. The summed E-state index contributed by atoms with van der Waals surface area (Å²) in [6.45, 7) is 2.38. The number of nitrogens with zero attached hydrogens (tertiary/aromatic N) is 1. The van der Waals surface area contributed by atoms with E-state index in [-0.39, 0.29) is 24.3 Å². The van der Waals surface area contributed by atoms with Gasteiger partial charge in [0.1, 0.15) is 16.9 Å². The third-order valence-electron chi connectivity index (χ3n) is 6.24. The summed E-state index contributed by atoms with van der Waals surface area (Å²) in [5.41, 5.74) is 3.04. The lowest BCUT2D eigenvalue weighted by atomic mass is 10.1. The standard InChI is InChI=1S/C26H24N2O4/c1-16(17-8-4-3-5-9-17)28-15-18(12-25(28)29)26(30)27-21-14-23-20(13-24(21)31-2)19-10-6-7-11-22(19)32-23/h3-11,13-14,16,18H,12,15H2,1-2H3,(H,27,30)/t16-,18+/m0/s1. The second kappa shape index (κ2) is 8.04. The van der Waals surface area contributed by atoms with Crippen molar-refractivity contribution in [3.8, 4) is 5.75 Å². The number of carbonyl (C=O) groups is 2. The molecule has 1 N–H and O–H groups in total. The molecule has 162 valence electrons. The molecule has 4 aromatic rings. The van der Waals surface area contributed by atoms with Crippen molar-refractivity contribution in [3.63, 3.8) is 0 Å². The molecule has 0 unspecified atom stereocenters. The van der Waals surface area contributed by atoms with Gasteiger partial charge in [0.25, 0.3) is 0 Å². The maximum atomic E-state index is 13.1. The Morgan fingerprint density at radius 2 is 1.81 bits per heavy atom. The number of nitrogens with one attached hydrogen (secondary N) is 1. The number of fused-ring (bicyclic) bond motifs is 3. The van der Waals surface area contributed by atoms with Crippen LogP contribution < -0.4 is 10.1 Å².